The van der Waals surface area contributed by atoms with Crippen LogP contribution < -0.4 is 11.1 Å². The van der Waals surface area contributed by atoms with E-state index in [1.807, 2.05) is 0 Å². The predicted molar refractivity (Wildman–Crippen MR) is 122 cm³/mol. The van der Waals surface area contributed by atoms with Crippen LogP contribution in [0.4, 0.5) is 4.79 Å². The minimum absolute atomic E-state index is 0.149. The van der Waals surface area contributed by atoms with Crippen molar-refractivity contribution in [3.05, 3.63) is 0 Å². The van der Waals surface area contributed by atoms with Gasteiger partial charge in [0, 0.05) is 39.0 Å². The van der Waals surface area contributed by atoms with E-state index in [0.29, 0.717) is 38.6 Å². The minimum Gasteiger partial charge on any atom is -0.348 e. The zero-order chi connectivity index (χ0) is 22.7. The van der Waals surface area contributed by atoms with E-state index in [1.54, 1.807) is 0 Å². The highest BCUT2D eigenvalue weighted by Crippen LogP contribution is 2.41. The van der Waals surface area contributed by atoms with Crippen molar-refractivity contribution in [3.63, 3.8) is 0 Å². The van der Waals surface area contributed by atoms with Gasteiger partial charge in [0.15, 0.2) is 5.79 Å². The Bertz CT molecular complexity index is 550. The van der Waals surface area contributed by atoms with E-state index >= 15 is 0 Å². The van der Waals surface area contributed by atoms with Crippen molar-refractivity contribution in [2.75, 3.05) is 52.5 Å². The van der Waals surface area contributed by atoms with Gasteiger partial charge in [0.05, 0.1) is 19.1 Å². The van der Waals surface area contributed by atoms with Crippen molar-refractivity contribution in [1.82, 2.24) is 15.1 Å². The molecule has 8 heteroatoms. The van der Waals surface area contributed by atoms with Gasteiger partial charge in [0.2, 0.25) is 5.91 Å². The van der Waals surface area contributed by atoms with Gasteiger partial charge < -0.3 is 25.4 Å². The van der Waals surface area contributed by atoms with Crippen molar-refractivity contribution in [1.29, 1.82) is 0 Å². The predicted octanol–water partition coefficient (Wildman–Crippen LogP) is 2.56. The summed E-state index contributed by atoms with van der Waals surface area (Å²) in [4.78, 5) is 29.8. The molecule has 1 saturated carbocycles. The fourth-order valence-electron chi connectivity index (χ4n) is 4.77. The van der Waals surface area contributed by atoms with Crippen molar-refractivity contribution in [2.45, 2.75) is 71.5 Å². The first-order valence-electron chi connectivity index (χ1n) is 12.3. The highest BCUT2D eigenvalue weighted by molar-refractivity contribution is 5.95. The van der Waals surface area contributed by atoms with Crippen molar-refractivity contribution >= 4 is 11.9 Å². The maximum atomic E-state index is 13.3. The monoisotopic (exact) mass is 440 g/mol. The molecule has 0 radical (unpaired) electrons. The molecule has 1 heterocycles. The van der Waals surface area contributed by atoms with Crippen LogP contribution in [-0.4, -0.2) is 80.0 Å². The second kappa shape index (κ2) is 13.4. The highest BCUT2D eigenvalue weighted by atomic mass is 16.7. The lowest BCUT2D eigenvalue weighted by molar-refractivity contribution is -0.188. The average molecular weight is 441 g/mol. The standard InChI is InChI=1S/C23H44N4O4/c1-4-7-12-27(22(29)25-11-13-26(5-2)6-3)21(28)20(18-24)16-19-9-8-10-23(17-19)30-14-15-31-23/h19-20H,4-18,24H2,1-3H3,(H,25,29)/t19-,20?/m1/s1. The fraction of sp³-hybridized carbons (Fsp3) is 0.913. The number of carbonyl (C=O) groups excluding carboxylic acids is 2. The van der Waals surface area contributed by atoms with E-state index in [4.69, 9.17) is 15.2 Å². The van der Waals surface area contributed by atoms with Crippen molar-refractivity contribution in [2.24, 2.45) is 17.6 Å². The van der Waals surface area contributed by atoms with Gasteiger partial charge in [-0.15, -0.1) is 0 Å². The smallest absolute Gasteiger partial charge is 0.324 e. The normalized spacial score (nSPS) is 21.4. The summed E-state index contributed by atoms with van der Waals surface area (Å²) in [6.07, 6.45) is 6.19. The number of unbranched alkanes of at least 4 members (excludes halogenated alkanes) is 1. The average Bonchev–Trinajstić information content (AvgIpc) is 3.22. The van der Waals surface area contributed by atoms with E-state index in [0.717, 1.165) is 58.2 Å². The van der Waals surface area contributed by atoms with Crippen LogP contribution in [0.25, 0.3) is 0 Å². The summed E-state index contributed by atoms with van der Waals surface area (Å²) >= 11 is 0. The number of imide groups is 1. The van der Waals surface area contributed by atoms with Crippen LogP contribution in [0.1, 0.15) is 65.7 Å². The first kappa shape index (κ1) is 26.0. The summed E-state index contributed by atoms with van der Waals surface area (Å²) in [5.74, 6) is -0.645. The van der Waals surface area contributed by atoms with Gasteiger partial charge in [-0.3, -0.25) is 9.69 Å². The van der Waals surface area contributed by atoms with Crippen LogP contribution in [0.5, 0.6) is 0 Å². The Morgan fingerprint density at radius 3 is 2.48 bits per heavy atom. The molecule has 2 aliphatic rings. The number of nitrogens with one attached hydrogen (secondary N) is 1. The Kier molecular flexibility index (Phi) is 11.2. The van der Waals surface area contributed by atoms with Gasteiger partial charge in [-0.25, -0.2) is 4.79 Å². The number of likely N-dealkylation sites (N-methyl/N-ethyl adjacent to an activating group) is 1. The number of amides is 3. The Morgan fingerprint density at radius 2 is 1.87 bits per heavy atom. The summed E-state index contributed by atoms with van der Waals surface area (Å²) in [7, 11) is 0. The van der Waals surface area contributed by atoms with Crippen LogP contribution in [0.2, 0.25) is 0 Å². The number of nitrogens with two attached hydrogens (primary N) is 1. The quantitative estimate of drug-likeness (QED) is 0.484. The van der Waals surface area contributed by atoms with E-state index in [1.165, 1.54) is 4.90 Å². The third kappa shape index (κ3) is 7.70. The molecule has 1 aliphatic carbocycles. The van der Waals surface area contributed by atoms with Gasteiger partial charge in [-0.2, -0.15) is 0 Å². The number of nitrogens with zero attached hydrogens (tertiary/aromatic N) is 2. The molecule has 3 N–H and O–H groups in total. The zero-order valence-electron chi connectivity index (χ0n) is 19.9. The Morgan fingerprint density at radius 1 is 1.16 bits per heavy atom. The fourth-order valence-corrected chi connectivity index (χ4v) is 4.77. The molecule has 180 valence electrons. The molecule has 2 atom stereocenters. The molecule has 0 aromatic rings. The first-order valence-corrected chi connectivity index (χ1v) is 12.3. The summed E-state index contributed by atoms with van der Waals surface area (Å²) in [6, 6.07) is -0.299. The third-order valence-electron chi connectivity index (χ3n) is 6.68. The number of ether oxygens (including phenoxy) is 2. The van der Waals surface area contributed by atoms with E-state index < -0.39 is 5.79 Å². The van der Waals surface area contributed by atoms with Crippen LogP contribution in [0.15, 0.2) is 0 Å². The van der Waals surface area contributed by atoms with Crippen LogP contribution in [0.3, 0.4) is 0 Å². The maximum Gasteiger partial charge on any atom is 0.324 e. The second-order valence-corrected chi connectivity index (χ2v) is 8.84. The maximum absolute atomic E-state index is 13.3. The molecule has 0 aromatic carbocycles. The van der Waals surface area contributed by atoms with Crippen molar-refractivity contribution < 1.29 is 19.1 Å². The van der Waals surface area contributed by atoms with Crippen molar-refractivity contribution in [3.8, 4) is 0 Å². The largest absolute Gasteiger partial charge is 0.348 e. The summed E-state index contributed by atoms with van der Waals surface area (Å²) in [5.41, 5.74) is 6.03. The second-order valence-electron chi connectivity index (χ2n) is 8.84. The molecular formula is C23H44N4O4. The molecule has 0 bridgehead atoms. The molecular weight excluding hydrogens is 396 g/mol. The number of hydrogen-bond donors (Lipinski definition) is 2. The summed E-state index contributed by atoms with van der Waals surface area (Å²) in [5, 5.41) is 2.94. The van der Waals surface area contributed by atoms with E-state index in [9.17, 15) is 9.59 Å². The highest BCUT2D eigenvalue weighted by Gasteiger charge is 2.42. The van der Waals surface area contributed by atoms with E-state index in [2.05, 4.69) is 31.0 Å². The van der Waals surface area contributed by atoms with Crippen LogP contribution in [-0.2, 0) is 14.3 Å². The Hall–Kier alpha value is -1.22. The SMILES string of the molecule is CCCCN(C(=O)NCCN(CC)CC)C(=O)C(CN)C[C@H]1CCCC2(C1)OCCO2. The topological polar surface area (TPSA) is 97.1 Å². The molecule has 1 saturated heterocycles. The Balaban J connectivity index is 1.95. The number of carbonyl (C=O) groups is 2. The van der Waals surface area contributed by atoms with Gasteiger partial charge in [-0.1, -0.05) is 33.6 Å². The molecule has 2 fully saturated rings. The lowest BCUT2D eigenvalue weighted by Crippen LogP contribution is -2.50. The molecule has 1 aliphatic heterocycles. The number of urea groups is 1. The lowest BCUT2D eigenvalue weighted by Gasteiger charge is -2.37. The van der Waals surface area contributed by atoms with E-state index in [-0.39, 0.29) is 24.4 Å². The summed E-state index contributed by atoms with van der Waals surface area (Å²) < 4.78 is 11.8. The molecule has 0 aromatic heterocycles. The molecule has 1 unspecified atom stereocenters. The van der Waals surface area contributed by atoms with Crippen LogP contribution in [0, 0.1) is 11.8 Å². The molecule has 1 spiro atoms. The minimum atomic E-state index is -0.463. The molecule has 8 nitrogen and oxygen atoms in total. The molecule has 2 rings (SSSR count). The first-order chi connectivity index (χ1) is 15.0. The number of hydrogen-bond acceptors (Lipinski definition) is 6. The van der Waals surface area contributed by atoms with Gasteiger partial charge in [0.1, 0.15) is 0 Å². The van der Waals surface area contributed by atoms with Gasteiger partial charge in [-0.05, 0) is 38.3 Å². The molecule has 3 amide bonds. The number of rotatable bonds is 12. The Labute approximate surface area is 188 Å². The summed E-state index contributed by atoms with van der Waals surface area (Å²) in [6.45, 7) is 11.4. The zero-order valence-corrected chi connectivity index (χ0v) is 19.9. The lowest BCUT2D eigenvalue weighted by atomic mass is 9.79. The van der Waals surface area contributed by atoms with Gasteiger partial charge in [0.25, 0.3) is 0 Å². The van der Waals surface area contributed by atoms with Gasteiger partial charge >= 0.3 is 6.03 Å². The third-order valence-corrected chi connectivity index (χ3v) is 6.68. The molecule has 31 heavy (non-hydrogen) atoms. The van der Waals surface area contributed by atoms with Crippen LogP contribution >= 0.6 is 0 Å².